The number of Topliss-reactive ketones (excluding diaryl/α,β-unsaturated/α-hetero) is 1. The Morgan fingerprint density at radius 3 is 1.91 bits per heavy atom. The van der Waals surface area contributed by atoms with E-state index in [2.05, 4.69) is 15.9 Å². The summed E-state index contributed by atoms with van der Waals surface area (Å²) in [4.78, 5) is 12.7. The van der Waals surface area contributed by atoms with Crippen LogP contribution in [0.25, 0.3) is 12.2 Å². The first kappa shape index (κ1) is 15.0. The first-order valence-corrected chi connectivity index (χ1v) is 8.28. The van der Waals surface area contributed by atoms with Gasteiger partial charge >= 0.3 is 0 Å². The highest BCUT2D eigenvalue weighted by Crippen LogP contribution is 2.28. The Balaban J connectivity index is 1.87. The van der Waals surface area contributed by atoms with Crippen LogP contribution in [0.4, 0.5) is 0 Å². The van der Waals surface area contributed by atoms with Crippen molar-refractivity contribution in [1.29, 1.82) is 0 Å². The van der Waals surface area contributed by atoms with Gasteiger partial charge in [0.05, 0.1) is 0 Å². The molecule has 1 aliphatic carbocycles. The molecular weight excluding hydrogens is 336 g/mol. The zero-order valence-electron chi connectivity index (χ0n) is 12.3. The molecular formula is C20H17BrO. The summed E-state index contributed by atoms with van der Waals surface area (Å²) in [5.74, 6) is 0.193. The molecule has 2 aromatic rings. The van der Waals surface area contributed by atoms with Gasteiger partial charge in [0.25, 0.3) is 0 Å². The van der Waals surface area contributed by atoms with Crippen LogP contribution in [0, 0.1) is 0 Å². The molecule has 0 saturated heterocycles. The third kappa shape index (κ3) is 3.63. The van der Waals surface area contributed by atoms with Gasteiger partial charge in [0.1, 0.15) is 0 Å². The second-order valence-corrected chi connectivity index (χ2v) is 6.40. The van der Waals surface area contributed by atoms with Crippen molar-refractivity contribution >= 4 is 33.9 Å². The lowest BCUT2D eigenvalue weighted by Crippen LogP contribution is -2.12. The van der Waals surface area contributed by atoms with Crippen LogP contribution in [0.1, 0.15) is 30.4 Å². The van der Waals surface area contributed by atoms with Crippen molar-refractivity contribution < 1.29 is 4.79 Å². The van der Waals surface area contributed by atoms with Gasteiger partial charge in [-0.15, -0.1) is 0 Å². The summed E-state index contributed by atoms with van der Waals surface area (Å²) < 4.78 is 1.05. The number of rotatable bonds is 2. The number of allylic oxidation sites excluding steroid dienone is 2. The smallest absolute Gasteiger partial charge is 0.185 e. The fourth-order valence-corrected chi connectivity index (χ4v) is 2.95. The lowest BCUT2D eigenvalue weighted by Gasteiger charge is -2.16. The van der Waals surface area contributed by atoms with Gasteiger partial charge in [-0.1, -0.05) is 58.4 Å². The Labute approximate surface area is 139 Å². The number of carbonyl (C=O) groups is 1. The summed E-state index contributed by atoms with van der Waals surface area (Å²) in [5.41, 5.74) is 4.00. The van der Waals surface area contributed by atoms with Crippen LogP contribution in [0.5, 0.6) is 0 Å². The van der Waals surface area contributed by atoms with Crippen molar-refractivity contribution in [1.82, 2.24) is 0 Å². The molecule has 0 radical (unpaired) electrons. The van der Waals surface area contributed by atoms with E-state index in [0.717, 1.165) is 46.0 Å². The molecule has 3 rings (SSSR count). The van der Waals surface area contributed by atoms with E-state index in [0.29, 0.717) is 0 Å². The standard InChI is InChI=1S/C20H17BrO/c21-19-11-9-16(10-12-19)14-18-8-4-7-17(20(18)22)13-15-5-2-1-3-6-15/h1-3,5-6,9-14H,4,7-8H2/b17-13+,18-14+. The van der Waals surface area contributed by atoms with Gasteiger partial charge < -0.3 is 0 Å². The van der Waals surface area contributed by atoms with Gasteiger partial charge in [0, 0.05) is 15.6 Å². The third-order valence-electron chi connectivity index (χ3n) is 3.83. The van der Waals surface area contributed by atoms with Gasteiger partial charge in [-0.2, -0.15) is 0 Å². The molecule has 0 spiro atoms. The number of hydrogen-bond acceptors (Lipinski definition) is 1. The van der Waals surface area contributed by atoms with Crippen LogP contribution in [0.15, 0.2) is 70.2 Å². The Bertz CT molecular complexity index is 724. The second-order valence-electron chi connectivity index (χ2n) is 5.48. The average Bonchev–Trinajstić information content (AvgIpc) is 2.54. The first-order valence-electron chi connectivity index (χ1n) is 7.49. The Kier molecular flexibility index (Phi) is 4.69. The largest absolute Gasteiger partial charge is 0.289 e. The van der Waals surface area contributed by atoms with Crippen LogP contribution in [-0.2, 0) is 4.79 Å². The topological polar surface area (TPSA) is 17.1 Å². The van der Waals surface area contributed by atoms with Crippen molar-refractivity contribution in [2.24, 2.45) is 0 Å². The van der Waals surface area contributed by atoms with E-state index in [1.165, 1.54) is 0 Å². The van der Waals surface area contributed by atoms with Crippen molar-refractivity contribution in [2.75, 3.05) is 0 Å². The predicted octanol–water partition coefficient (Wildman–Crippen LogP) is 5.67. The normalized spacial score (nSPS) is 18.9. The van der Waals surface area contributed by atoms with Crippen LogP contribution < -0.4 is 0 Å². The molecule has 1 nitrogen and oxygen atoms in total. The van der Waals surface area contributed by atoms with Crippen LogP contribution in [0.2, 0.25) is 0 Å². The van der Waals surface area contributed by atoms with Gasteiger partial charge in [-0.25, -0.2) is 0 Å². The highest BCUT2D eigenvalue weighted by atomic mass is 79.9. The van der Waals surface area contributed by atoms with E-state index >= 15 is 0 Å². The molecule has 0 unspecified atom stereocenters. The molecule has 0 aliphatic heterocycles. The van der Waals surface area contributed by atoms with Crippen LogP contribution in [-0.4, -0.2) is 5.78 Å². The molecule has 0 atom stereocenters. The number of carbonyl (C=O) groups excluding carboxylic acids is 1. The third-order valence-corrected chi connectivity index (χ3v) is 4.36. The molecule has 2 heteroatoms. The molecule has 1 saturated carbocycles. The summed E-state index contributed by atoms with van der Waals surface area (Å²) in [5, 5.41) is 0. The van der Waals surface area contributed by atoms with Crippen molar-refractivity contribution in [2.45, 2.75) is 19.3 Å². The highest BCUT2D eigenvalue weighted by Gasteiger charge is 2.20. The minimum atomic E-state index is 0.193. The number of halogens is 1. The van der Waals surface area contributed by atoms with Crippen LogP contribution in [0.3, 0.4) is 0 Å². The van der Waals surface area contributed by atoms with Crippen molar-refractivity contribution in [3.8, 4) is 0 Å². The summed E-state index contributed by atoms with van der Waals surface area (Å²) in [6, 6.07) is 18.1. The molecule has 22 heavy (non-hydrogen) atoms. The fraction of sp³-hybridized carbons (Fsp3) is 0.150. The number of hydrogen-bond donors (Lipinski definition) is 0. The van der Waals surface area contributed by atoms with E-state index in [1.54, 1.807) is 0 Å². The molecule has 0 amide bonds. The quantitative estimate of drug-likeness (QED) is 0.636. The van der Waals surface area contributed by atoms with Crippen molar-refractivity contribution in [3.05, 3.63) is 81.3 Å². The van der Waals surface area contributed by atoms with Crippen LogP contribution >= 0.6 is 15.9 Å². The minimum Gasteiger partial charge on any atom is -0.289 e. The average molecular weight is 353 g/mol. The van der Waals surface area contributed by atoms with E-state index in [1.807, 2.05) is 66.7 Å². The van der Waals surface area contributed by atoms with E-state index < -0.39 is 0 Å². The molecule has 0 heterocycles. The molecule has 1 fully saturated rings. The lowest BCUT2D eigenvalue weighted by molar-refractivity contribution is -0.112. The molecule has 0 aromatic heterocycles. The molecule has 2 aromatic carbocycles. The summed E-state index contributed by atoms with van der Waals surface area (Å²) >= 11 is 3.43. The Morgan fingerprint density at radius 2 is 1.32 bits per heavy atom. The Morgan fingerprint density at radius 1 is 0.773 bits per heavy atom. The maximum Gasteiger partial charge on any atom is 0.185 e. The molecule has 1 aliphatic rings. The monoisotopic (exact) mass is 352 g/mol. The highest BCUT2D eigenvalue weighted by molar-refractivity contribution is 9.10. The zero-order valence-corrected chi connectivity index (χ0v) is 13.8. The Hall–Kier alpha value is -1.93. The van der Waals surface area contributed by atoms with E-state index in [-0.39, 0.29) is 5.78 Å². The van der Waals surface area contributed by atoms with Gasteiger partial charge in [0.15, 0.2) is 5.78 Å². The predicted molar refractivity (Wildman–Crippen MR) is 95.4 cm³/mol. The van der Waals surface area contributed by atoms with Gasteiger partial charge in [-0.05, 0) is 54.7 Å². The molecule has 110 valence electrons. The SMILES string of the molecule is O=C1/C(=C/c2ccccc2)CCC/C1=C\c1ccc(Br)cc1. The maximum atomic E-state index is 12.7. The van der Waals surface area contributed by atoms with E-state index in [9.17, 15) is 4.79 Å². The fourth-order valence-electron chi connectivity index (χ4n) is 2.69. The van der Waals surface area contributed by atoms with Gasteiger partial charge in [0.2, 0.25) is 0 Å². The number of ketones is 1. The summed E-state index contributed by atoms with van der Waals surface area (Å²) in [6.07, 6.45) is 6.81. The number of benzene rings is 2. The van der Waals surface area contributed by atoms with Gasteiger partial charge in [-0.3, -0.25) is 4.79 Å². The van der Waals surface area contributed by atoms with Crippen molar-refractivity contribution in [3.63, 3.8) is 0 Å². The molecule has 0 N–H and O–H groups in total. The zero-order chi connectivity index (χ0) is 15.4. The maximum absolute atomic E-state index is 12.7. The minimum absolute atomic E-state index is 0.193. The summed E-state index contributed by atoms with van der Waals surface area (Å²) in [7, 11) is 0. The second kappa shape index (κ2) is 6.89. The lowest BCUT2D eigenvalue weighted by atomic mass is 9.87. The van der Waals surface area contributed by atoms with E-state index in [4.69, 9.17) is 0 Å². The first-order chi connectivity index (χ1) is 10.7. The summed E-state index contributed by atoms with van der Waals surface area (Å²) in [6.45, 7) is 0. The molecule has 0 bridgehead atoms.